The Balaban J connectivity index is 1.28. The van der Waals surface area contributed by atoms with E-state index in [9.17, 15) is 9.59 Å². The van der Waals surface area contributed by atoms with E-state index in [1.807, 2.05) is 30.3 Å². The zero-order valence-corrected chi connectivity index (χ0v) is 17.5. The molecule has 0 unspecified atom stereocenters. The Morgan fingerprint density at radius 2 is 1.72 bits per heavy atom. The topological polar surface area (TPSA) is 80.5 Å². The molecule has 0 fully saturated rings. The highest BCUT2D eigenvalue weighted by Crippen LogP contribution is 2.34. The third-order valence-corrected chi connectivity index (χ3v) is 5.62. The third kappa shape index (κ3) is 4.23. The van der Waals surface area contributed by atoms with Crippen molar-refractivity contribution in [1.29, 1.82) is 0 Å². The van der Waals surface area contributed by atoms with Gasteiger partial charge in [-0.25, -0.2) is 14.6 Å². The van der Waals surface area contributed by atoms with Crippen LogP contribution in [-0.4, -0.2) is 16.3 Å². The molecule has 0 amide bonds. The Morgan fingerprint density at radius 1 is 0.938 bits per heavy atom. The molecule has 0 bridgehead atoms. The Morgan fingerprint density at radius 3 is 2.47 bits per heavy atom. The van der Waals surface area contributed by atoms with Gasteiger partial charge in [0.25, 0.3) is 0 Å². The standard InChI is InChI=1S/C25H23N3O4/c29-24-26-25(30)32-28(24)16-18-9-12-22(13-10-18)31-17-19-8-11-20-5-4-14-27(23(20)15-19)21-6-2-1-3-7-21/h1-3,6-13,15H,4-5,14,16-17H2,(H,26,29,30). The predicted molar refractivity (Wildman–Crippen MR) is 122 cm³/mol. The quantitative estimate of drug-likeness (QED) is 0.504. The van der Waals surface area contributed by atoms with E-state index in [0.717, 1.165) is 41.0 Å². The number of nitrogens with one attached hydrogen (secondary N) is 1. The van der Waals surface area contributed by atoms with Gasteiger partial charge in [0.2, 0.25) is 0 Å². The lowest BCUT2D eigenvalue weighted by Gasteiger charge is -2.32. The van der Waals surface area contributed by atoms with Crippen LogP contribution < -0.4 is 21.1 Å². The summed E-state index contributed by atoms with van der Waals surface area (Å²) in [4.78, 5) is 27.1. The van der Waals surface area contributed by atoms with Crippen LogP contribution in [0.2, 0.25) is 0 Å². The number of fused-ring (bicyclic) bond motifs is 1. The van der Waals surface area contributed by atoms with E-state index in [0.29, 0.717) is 6.61 Å². The van der Waals surface area contributed by atoms with Gasteiger partial charge in [0.05, 0.1) is 6.54 Å². The highest BCUT2D eigenvalue weighted by Gasteiger charge is 2.18. The van der Waals surface area contributed by atoms with Crippen LogP contribution in [0.5, 0.6) is 5.75 Å². The summed E-state index contributed by atoms with van der Waals surface area (Å²) in [6, 6.07) is 24.4. The van der Waals surface area contributed by atoms with Crippen LogP contribution in [0.1, 0.15) is 23.1 Å². The van der Waals surface area contributed by atoms with E-state index < -0.39 is 11.4 Å². The van der Waals surface area contributed by atoms with Crippen molar-refractivity contribution >= 4 is 11.4 Å². The number of hydrogen-bond acceptors (Lipinski definition) is 5. The normalized spacial score (nSPS) is 13.1. The summed E-state index contributed by atoms with van der Waals surface area (Å²) in [5.74, 6) is -0.0277. The Kier molecular flexibility index (Phi) is 5.37. The van der Waals surface area contributed by atoms with E-state index in [4.69, 9.17) is 9.26 Å². The summed E-state index contributed by atoms with van der Waals surface area (Å²) in [6.07, 6.45) is 2.23. The maximum Gasteiger partial charge on any atom is 0.440 e. The molecule has 0 spiro atoms. The summed E-state index contributed by atoms with van der Waals surface area (Å²) in [5, 5.41) is 0. The highest BCUT2D eigenvalue weighted by molar-refractivity contribution is 5.68. The minimum atomic E-state index is -0.758. The number of hydrogen-bond donors (Lipinski definition) is 1. The Labute approximate surface area is 184 Å². The molecule has 7 heteroatoms. The van der Waals surface area contributed by atoms with Crippen molar-refractivity contribution in [3.05, 3.63) is 111 Å². The number of nitrogens with zero attached hydrogens (tertiary/aromatic N) is 2. The lowest BCUT2D eigenvalue weighted by atomic mass is 9.99. The van der Waals surface area contributed by atoms with Crippen molar-refractivity contribution in [3.8, 4) is 5.75 Å². The molecule has 1 aliphatic heterocycles. The van der Waals surface area contributed by atoms with Gasteiger partial charge in [-0.2, -0.15) is 0 Å². The molecular formula is C25H23N3O4. The van der Waals surface area contributed by atoms with Gasteiger partial charge in [-0.05, 0) is 59.9 Å². The van der Waals surface area contributed by atoms with E-state index in [-0.39, 0.29) is 6.54 Å². The van der Waals surface area contributed by atoms with Crippen LogP contribution >= 0.6 is 0 Å². The first-order valence-electron chi connectivity index (χ1n) is 10.6. The van der Waals surface area contributed by atoms with E-state index in [1.165, 1.54) is 16.9 Å². The summed E-state index contributed by atoms with van der Waals surface area (Å²) < 4.78 is 11.8. The molecule has 3 aromatic carbocycles. The van der Waals surface area contributed by atoms with E-state index in [2.05, 4.69) is 52.3 Å². The van der Waals surface area contributed by atoms with Gasteiger partial charge in [0.15, 0.2) is 0 Å². The molecule has 32 heavy (non-hydrogen) atoms. The molecular weight excluding hydrogens is 406 g/mol. The number of H-pyrrole nitrogens is 1. The second kappa shape index (κ2) is 8.63. The van der Waals surface area contributed by atoms with Crippen LogP contribution in [0.4, 0.5) is 11.4 Å². The number of aromatic nitrogens is 2. The number of ether oxygens (including phenoxy) is 1. The predicted octanol–water partition coefficient (Wildman–Crippen LogP) is 3.84. The van der Waals surface area contributed by atoms with Gasteiger partial charge < -0.3 is 14.2 Å². The SMILES string of the molecule is O=c1[nH]c(=O)n(Cc2ccc(OCc3ccc4c(c3)N(c3ccccc3)CCC4)cc2)o1. The van der Waals surface area contributed by atoms with E-state index in [1.54, 1.807) is 0 Å². The summed E-state index contributed by atoms with van der Waals surface area (Å²) >= 11 is 0. The minimum Gasteiger partial charge on any atom is -0.489 e. The number of rotatable bonds is 6. The largest absolute Gasteiger partial charge is 0.489 e. The van der Waals surface area contributed by atoms with Crippen LogP contribution in [0.3, 0.4) is 0 Å². The molecule has 0 saturated carbocycles. The molecule has 0 saturated heterocycles. The smallest absolute Gasteiger partial charge is 0.440 e. The molecule has 1 aliphatic rings. The van der Waals surface area contributed by atoms with Crippen LogP contribution in [0, 0.1) is 0 Å². The molecule has 5 rings (SSSR count). The first-order valence-corrected chi connectivity index (χ1v) is 10.6. The number of benzene rings is 3. The van der Waals surface area contributed by atoms with Crippen LogP contribution in [0.25, 0.3) is 0 Å². The maximum absolute atomic E-state index is 11.6. The Hall–Kier alpha value is -4.00. The second-order valence-electron chi connectivity index (χ2n) is 7.83. The lowest BCUT2D eigenvalue weighted by molar-refractivity contribution is 0.258. The number of para-hydroxylation sites is 1. The molecule has 0 radical (unpaired) electrons. The molecule has 7 nitrogen and oxygen atoms in total. The molecule has 0 atom stereocenters. The number of anilines is 2. The van der Waals surface area contributed by atoms with Crippen molar-refractivity contribution in [3.63, 3.8) is 0 Å². The zero-order valence-electron chi connectivity index (χ0n) is 17.5. The summed E-state index contributed by atoms with van der Waals surface area (Å²) in [6.45, 7) is 1.65. The second-order valence-corrected chi connectivity index (χ2v) is 7.83. The lowest BCUT2D eigenvalue weighted by Crippen LogP contribution is -2.24. The van der Waals surface area contributed by atoms with Crippen LogP contribution in [-0.2, 0) is 19.6 Å². The number of aromatic amines is 1. The van der Waals surface area contributed by atoms with Crippen molar-refractivity contribution in [1.82, 2.24) is 9.72 Å². The fourth-order valence-electron chi connectivity index (χ4n) is 4.03. The average Bonchev–Trinajstić information content (AvgIpc) is 3.15. The summed E-state index contributed by atoms with van der Waals surface area (Å²) in [5.41, 5.74) is 5.19. The molecule has 0 aliphatic carbocycles. The van der Waals surface area contributed by atoms with Gasteiger partial charge in [-0.15, -0.1) is 4.74 Å². The maximum atomic E-state index is 11.6. The van der Waals surface area contributed by atoms with Crippen LogP contribution in [0.15, 0.2) is 86.9 Å². The number of aryl methyl sites for hydroxylation is 1. The Bertz CT molecular complexity index is 1320. The highest BCUT2D eigenvalue weighted by atomic mass is 16.5. The van der Waals surface area contributed by atoms with Crippen molar-refractivity contribution in [2.24, 2.45) is 0 Å². The van der Waals surface area contributed by atoms with E-state index >= 15 is 0 Å². The minimum absolute atomic E-state index is 0.179. The monoisotopic (exact) mass is 429 g/mol. The first kappa shape index (κ1) is 19.9. The fraction of sp³-hybridized carbons (Fsp3) is 0.200. The summed E-state index contributed by atoms with van der Waals surface area (Å²) in [7, 11) is 0. The molecule has 2 heterocycles. The fourth-order valence-corrected chi connectivity index (χ4v) is 4.03. The van der Waals surface area contributed by atoms with Crippen molar-refractivity contribution in [2.75, 3.05) is 11.4 Å². The average molecular weight is 429 g/mol. The molecule has 1 N–H and O–H groups in total. The molecule has 1 aromatic heterocycles. The van der Waals surface area contributed by atoms with Gasteiger partial charge in [0.1, 0.15) is 12.4 Å². The van der Waals surface area contributed by atoms with Gasteiger partial charge in [0, 0.05) is 17.9 Å². The molecule has 4 aromatic rings. The van der Waals surface area contributed by atoms with Crippen molar-refractivity contribution in [2.45, 2.75) is 26.0 Å². The molecule has 162 valence electrons. The third-order valence-electron chi connectivity index (χ3n) is 5.62. The van der Waals surface area contributed by atoms with Crippen molar-refractivity contribution < 1.29 is 9.26 Å². The van der Waals surface area contributed by atoms with Gasteiger partial charge in [-0.1, -0.05) is 42.5 Å². The zero-order chi connectivity index (χ0) is 21.9. The van der Waals surface area contributed by atoms with Gasteiger partial charge in [-0.3, -0.25) is 0 Å². The first-order chi connectivity index (χ1) is 15.7. The van der Waals surface area contributed by atoms with Gasteiger partial charge >= 0.3 is 11.4 Å².